The van der Waals surface area contributed by atoms with E-state index in [-0.39, 0.29) is 5.41 Å². The van der Waals surface area contributed by atoms with Gasteiger partial charge in [-0.2, -0.15) is 0 Å². The Balaban J connectivity index is 2.09. The largest absolute Gasteiger partial charge is 0.381 e. The fourth-order valence-electron chi connectivity index (χ4n) is 1.41. The predicted octanol–water partition coefficient (Wildman–Crippen LogP) is 4.06. The van der Waals surface area contributed by atoms with Gasteiger partial charge in [-0.1, -0.05) is 60.1 Å². The quantitative estimate of drug-likeness (QED) is 0.542. The van der Waals surface area contributed by atoms with Crippen LogP contribution >= 0.6 is 15.9 Å². The summed E-state index contributed by atoms with van der Waals surface area (Å²) in [7, 11) is 0. The summed E-state index contributed by atoms with van der Waals surface area (Å²) in [5.41, 5.74) is 1.64. The average molecular weight is 285 g/mol. The van der Waals surface area contributed by atoms with Gasteiger partial charge in [-0.05, 0) is 23.8 Å². The molecule has 0 saturated heterocycles. The van der Waals surface area contributed by atoms with Crippen molar-refractivity contribution in [3.63, 3.8) is 0 Å². The minimum Gasteiger partial charge on any atom is -0.381 e. The Morgan fingerprint density at radius 2 is 1.88 bits per heavy atom. The third-order valence-electron chi connectivity index (χ3n) is 2.45. The van der Waals surface area contributed by atoms with Crippen molar-refractivity contribution in [1.29, 1.82) is 0 Å². The van der Waals surface area contributed by atoms with Gasteiger partial charge in [0.1, 0.15) is 0 Å². The highest BCUT2D eigenvalue weighted by molar-refractivity contribution is 9.09. The van der Waals surface area contributed by atoms with Crippen LogP contribution in [-0.2, 0) is 11.2 Å². The second kappa shape index (κ2) is 7.08. The third-order valence-corrected chi connectivity index (χ3v) is 3.97. The van der Waals surface area contributed by atoms with Crippen LogP contribution in [0.5, 0.6) is 0 Å². The molecule has 0 N–H and O–H groups in total. The Labute approximate surface area is 107 Å². The molecule has 0 amide bonds. The summed E-state index contributed by atoms with van der Waals surface area (Å²) in [5, 5.41) is 0.985. The first-order chi connectivity index (χ1) is 7.64. The van der Waals surface area contributed by atoms with Gasteiger partial charge < -0.3 is 4.74 Å². The molecule has 0 aliphatic heterocycles. The van der Waals surface area contributed by atoms with Crippen molar-refractivity contribution in [3.8, 4) is 0 Å². The first-order valence-corrected chi connectivity index (χ1v) is 6.94. The molecule has 0 aliphatic rings. The number of rotatable bonds is 7. The van der Waals surface area contributed by atoms with Gasteiger partial charge in [-0.3, -0.25) is 0 Å². The Morgan fingerprint density at radius 3 is 2.50 bits per heavy atom. The van der Waals surface area contributed by atoms with Crippen LogP contribution in [0.1, 0.15) is 25.8 Å². The summed E-state index contributed by atoms with van der Waals surface area (Å²) in [6, 6.07) is 10.6. The van der Waals surface area contributed by atoms with E-state index in [0.717, 1.165) is 31.4 Å². The number of halogens is 1. The molecule has 0 radical (unpaired) electrons. The van der Waals surface area contributed by atoms with E-state index in [9.17, 15) is 0 Å². The van der Waals surface area contributed by atoms with Gasteiger partial charge in [0.05, 0.1) is 6.61 Å². The van der Waals surface area contributed by atoms with Gasteiger partial charge in [-0.25, -0.2) is 0 Å². The van der Waals surface area contributed by atoms with Crippen LogP contribution in [0.4, 0.5) is 0 Å². The monoisotopic (exact) mass is 284 g/mol. The van der Waals surface area contributed by atoms with Crippen molar-refractivity contribution >= 4 is 15.9 Å². The highest BCUT2D eigenvalue weighted by Crippen LogP contribution is 2.18. The number of hydrogen-bond donors (Lipinski definition) is 0. The first kappa shape index (κ1) is 13.7. The molecule has 2 heteroatoms. The van der Waals surface area contributed by atoms with Gasteiger partial charge in [0.25, 0.3) is 0 Å². The lowest BCUT2D eigenvalue weighted by Gasteiger charge is -2.21. The van der Waals surface area contributed by atoms with Crippen molar-refractivity contribution in [1.82, 2.24) is 0 Å². The summed E-state index contributed by atoms with van der Waals surface area (Å²) in [6.45, 7) is 6.09. The second-order valence-electron chi connectivity index (χ2n) is 4.94. The van der Waals surface area contributed by atoms with Gasteiger partial charge in [0, 0.05) is 11.9 Å². The predicted molar refractivity (Wildman–Crippen MR) is 73.2 cm³/mol. The maximum absolute atomic E-state index is 5.68. The summed E-state index contributed by atoms with van der Waals surface area (Å²) in [6.07, 6.45) is 2.21. The molecule has 0 unspecified atom stereocenters. The molecule has 1 aromatic carbocycles. The molecule has 0 spiro atoms. The van der Waals surface area contributed by atoms with Crippen LogP contribution in [0.25, 0.3) is 0 Å². The van der Waals surface area contributed by atoms with Crippen LogP contribution < -0.4 is 0 Å². The highest BCUT2D eigenvalue weighted by Gasteiger charge is 2.15. The molecule has 0 fully saturated rings. The summed E-state index contributed by atoms with van der Waals surface area (Å²) in [4.78, 5) is 0. The summed E-state index contributed by atoms with van der Waals surface area (Å²) in [5.74, 6) is 0. The molecule has 90 valence electrons. The van der Waals surface area contributed by atoms with E-state index in [4.69, 9.17) is 4.74 Å². The molecular weight excluding hydrogens is 264 g/mol. The average Bonchev–Trinajstić information content (AvgIpc) is 2.30. The van der Waals surface area contributed by atoms with Crippen molar-refractivity contribution in [2.45, 2.75) is 26.7 Å². The normalized spacial score (nSPS) is 11.7. The lowest BCUT2D eigenvalue weighted by molar-refractivity contribution is 0.0725. The topological polar surface area (TPSA) is 9.23 Å². The SMILES string of the molecule is CC(C)(CBr)COCCCc1ccccc1. The van der Waals surface area contributed by atoms with Crippen LogP contribution in [0.3, 0.4) is 0 Å². The zero-order valence-corrected chi connectivity index (χ0v) is 11.8. The number of benzene rings is 1. The van der Waals surface area contributed by atoms with E-state index in [0.29, 0.717) is 0 Å². The van der Waals surface area contributed by atoms with Gasteiger partial charge >= 0.3 is 0 Å². The van der Waals surface area contributed by atoms with E-state index in [1.807, 2.05) is 0 Å². The molecule has 0 atom stereocenters. The minimum atomic E-state index is 0.243. The van der Waals surface area contributed by atoms with Crippen molar-refractivity contribution in [2.75, 3.05) is 18.5 Å². The van der Waals surface area contributed by atoms with Gasteiger partial charge in [-0.15, -0.1) is 0 Å². The molecule has 0 heterocycles. The van der Waals surface area contributed by atoms with Crippen LogP contribution in [0, 0.1) is 5.41 Å². The summed E-state index contributed by atoms with van der Waals surface area (Å²) < 4.78 is 5.68. The molecule has 0 aliphatic carbocycles. The molecule has 16 heavy (non-hydrogen) atoms. The Kier molecular flexibility index (Phi) is 6.07. The van der Waals surface area contributed by atoms with Crippen molar-refractivity contribution < 1.29 is 4.74 Å². The van der Waals surface area contributed by atoms with E-state index < -0.39 is 0 Å². The van der Waals surface area contributed by atoms with E-state index in [1.54, 1.807) is 0 Å². The van der Waals surface area contributed by atoms with Gasteiger partial charge in [0.15, 0.2) is 0 Å². The number of aryl methyl sites for hydroxylation is 1. The Morgan fingerprint density at radius 1 is 1.19 bits per heavy atom. The zero-order chi connectivity index (χ0) is 11.9. The van der Waals surface area contributed by atoms with Crippen LogP contribution in [0.2, 0.25) is 0 Å². The fourth-order valence-corrected chi connectivity index (χ4v) is 1.57. The molecule has 1 nitrogen and oxygen atoms in total. The fraction of sp³-hybridized carbons (Fsp3) is 0.571. The smallest absolute Gasteiger partial charge is 0.0525 e. The van der Waals surface area contributed by atoms with Gasteiger partial charge in [0.2, 0.25) is 0 Å². The van der Waals surface area contributed by atoms with E-state index >= 15 is 0 Å². The highest BCUT2D eigenvalue weighted by atomic mass is 79.9. The standard InChI is InChI=1S/C14H21BrO/c1-14(2,11-15)12-16-10-6-9-13-7-4-3-5-8-13/h3-5,7-8H,6,9-12H2,1-2H3. The van der Waals surface area contributed by atoms with Crippen molar-refractivity contribution in [3.05, 3.63) is 35.9 Å². The number of alkyl halides is 1. The maximum atomic E-state index is 5.68. The first-order valence-electron chi connectivity index (χ1n) is 5.82. The molecule has 1 aromatic rings. The Bertz CT molecular complexity index is 282. The molecule has 0 saturated carbocycles. The molecule has 0 bridgehead atoms. The molecule has 0 aromatic heterocycles. The third kappa shape index (κ3) is 5.66. The lowest BCUT2D eigenvalue weighted by atomic mass is 9.98. The molecule has 1 rings (SSSR count). The summed E-state index contributed by atoms with van der Waals surface area (Å²) >= 11 is 3.50. The van der Waals surface area contributed by atoms with E-state index in [1.165, 1.54) is 5.56 Å². The maximum Gasteiger partial charge on any atom is 0.0525 e. The van der Waals surface area contributed by atoms with Crippen LogP contribution in [0.15, 0.2) is 30.3 Å². The van der Waals surface area contributed by atoms with E-state index in [2.05, 4.69) is 60.1 Å². The number of hydrogen-bond acceptors (Lipinski definition) is 1. The second-order valence-corrected chi connectivity index (χ2v) is 5.50. The molecular formula is C14H21BrO. The van der Waals surface area contributed by atoms with Crippen LogP contribution in [-0.4, -0.2) is 18.5 Å². The zero-order valence-electron chi connectivity index (χ0n) is 10.2. The Hall–Kier alpha value is -0.340. The lowest BCUT2D eigenvalue weighted by Crippen LogP contribution is -2.21. The van der Waals surface area contributed by atoms with Crippen molar-refractivity contribution in [2.24, 2.45) is 5.41 Å². The number of ether oxygens (including phenoxy) is 1. The minimum absolute atomic E-state index is 0.243.